The molecule has 0 radical (unpaired) electrons. The molecule has 0 bridgehead atoms. The molecule has 0 saturated carbocycles. The third-order valence-corrected chi connectivity index (χ3v) is 6.62. The van der Waals surface area contributed by atoms with Crippen LogP contribution in [0.25, 0.3) is 0 Å². The number of anilines is 2. The number of amides is 1. The van der Waals surface area contributed by atoms with E-state index in [0.29, 0.717) is 24.3 Å². The molecule has 1 N–H and O–H groups in total. The Labute approximate surface area is 161 Å². The van der Waals surface area contributed by atoms with Gasteiger partial charge in [-0.1, -0.05) is 30.3 Å². The van der Waals surface area contributed by atoms with Gasteiger partial charge in [0.25, 0.3) is 0 Å². The first kappa shape index (κ1) is 19.4. The van der Waals surface area contributed by atoms with Crippen molar-refractivity contribution in [3.05, 3.63) is 60.2 Å². The van der Waals surface area contributed by atoms with Gasteiger partial charge in [0.05, 0.1) is 11.4 Å². The summed E-state index contributed by atoms with van der Waals surface area (Å²) in [4.78, 5) is 12.1. The summed E-state index contributed by atoms with van der Waals surface area (Å²) in [6, 6.07) is 17.3. The Morgan fingerprint density at radius 1 is 0.963 bits per heavy atom. The second-order valence-electron chi connectivity index (χ2n) is 6.88. The number of unbranched alkanes of at least 4 members (excludes halogenated alkanes) is 1. The van der Waals surface area contributed by atoms with Gasteiger partial charge in [0.1, 0.15) is 0 Å². The fourth-order valence-corrected chi connectivity index (χ4v) is 4.91. The van der Waals surface area contributed by atoms with E-state index in [1.807, 2.05) is 18.2 Å². The first-order chi connectivity index (χ1) is 13.0. The SMILES string of the molecule is O=C(CCCCc1ccccc1)Nc1ccc(N2CCCCS2(=O)=O)cc1. The summed E-state index contributed by atoms with van der Waals surface area (Å²) in [6.45, 7) is 0.523. The minimum atomic E-state index is -3.20. The molecule has 0 unspecified atom stereocenters. The lowest BCUT2D eigenvalue weighted by molar-refractivity contribution is -0.116. The number of hydrogen-bond acceptors (Lipinski definition) is 3. The molecule has 0 spiro atoms. The molecule has 144 valence electrons. The zero-order valence-electron chi connectivity index (χ0n) is 15.4. The van der Waals surface area contributed by atoms with Gasteiger partial charge in [0.2, 0.25) is 15.9 Å². The second kappa shape index (κ2) is 9.04. The molecule has 1 aliphatic heterocycles. The van der Waals surface area contributed by atoms with Gasteiger partial charge in [-0.2, -0.15) is 0 Å². The topological polar surface area (TPSA) is 66.5 Å². The van der Waals surface area contributed by atoms with Crippen molar-refractivity contribution in [1.82, 2.24) is 0 Å². The molecule has 5 nitrogen and oxygen atoms in total. The van der Waals surface area contributed by atoms with Crippen LogP contribution in [0.3, 0.4) is 0 Å². The number of nitrogens with zero attached hydrogens (tertiary/aromatic N) is 1. The van der Waals surface area contributed by atoms with Gasteiger partial charge in [0.15, 0.2) is 0 Å². The predicted molar refractivity (Wildman–Crippen MR) is 109 cm³/mol. The summed E-state index contributed by atoms with van der Waals surface area (Å²) in [5, 5.41) is 2.88. The van der Waals surface area contributed by atoms with Gasteiger partial charge in [-0.25, -0.2) is 8.42 Å². The number of nitrogens with one attached hydrogen (secondary N) is 1. The molecular weight excluding hydrogens is 360 g/mol. The van der Waals surface area contributed by atoms with Crippen molar-refractivity contribution in [3.8, 4) is 0 Å². The molecule has 2 aromatic rings. The van der Waals surface area contributed by atoms with Crippen LogP contribution in [-0.4, -0.2) is 26.6 Å². The van der Waals surface area contributed by atoms with E-state index in [-0.39, 0.29) is 11.7 Å². The van der Waals surface area contributed by atoms with Crippen molar-refractivity contribution in [1.29, 1.82) is 0 Å². The Hall–Kier alpha value is -2.34. The summed E-state index contributed by atoms with van der Waals surface area (Å²) in [6.07, 6.45) is 4.87. The standard InChI is InChI=1S/C21H26N2O3S/c24-21(11-5-4-10-18-8-2-1-3-9-18)22-19-12-14-20(15-13-19)23-16-6-7-17-27(23,25)26/h1-3,8-9,12-15H,4-7,10-11,16-17H2,(H,22,24). The Balaban J connectivity index is 1.45. The van der Waals surface area contributed by atoms with E-state index in [4.69, 9.17) is 0 Å². The monoisotopic (exact) mass is 386 g/mol. The van der Waals surface area contributed by atoms with Crippen LogP contribution in [0.4, 0.5) is 11.4 Å². The van der Waals surface area contributed by atoms with E-state index in [1.165, 1.54) is 9.87 Å². The lowest BCUT2D eigenvalue weighted by Gasteiger charge is -2.28. The number of carbonyl (C=O) groups is 1. The summed E-state index contributed by atoms with van der Waals surface area (Å²) < 4.78 is 25.8. The highest BCUT2D eigenvalue weighted by Gasteiger charge is 2.25. The number of sulfonamides is 1. The van der Waals surface area contributed by atoms with Crippen molar-refractivity contribution in [2.75, 3.05) is 21.9 Å². The number of hydrogen-bond donors (Lipinski definition) is 1. The van der Waals surface area contributed by atoms with Gasteiger partial charge in [-0.05, 0) is 61.9 Å². The predicted octanol–water partition coefficient (Wildman–Crippen LogP) is 3.97. The molecule has 0 aliphatic carbocycles. The molecule has 3 rings (SSSR count). The molecule has 27 heavy (non-hydrogen) atoms. The first-order valence-electron chi connectivity index (χ1n) is 9.49. The smallest absolute Gasteiger partial charge is 0.235 e. The fourth-order valence-electron chi connectivity index (χ4n) is 3.27. The molecule has 1 saturated heterocycles. The maximum atomic E-state index is 12.2. The third-order valence-electron chi connectivity index (χ3n) is 4.75. The van der Waals surface area contributed by atoms with Crippen LogP contribution in [0.5, 0.6) is 0 Å². The van der Waals surface area contributed by atoms with E-state index in [1.54, 1.807) is 24.3 Å². The highest BCUT2D eigenvalue weighted by molar-refractivity contribution is 7.92. The minimum absolute atomic E-state index is 0.0126. The van der Waals surface area contributed by atoms with E-state index in [0.717, 1.165) is 32.1 Å². The van der Waals surface area contributed by atoms with Gasteiger partial charge in [-0.3, -0.25) is 9.10 Å². The van der Waals surface area contributed by atoms with Gasteiger partial charge < -0.3 is 5.32 Å². The average Bonchev–Trinajstić information content (AvgIpc) is 2.67. The van der Waals surface area contributed by atoms with Crippen molar-refractivity contribution in [2.24, 2.45) is 0 Å². The molecule has 6 heteroatoms. The van der Waals surface area contributed by atoms with Crippen LogP contribution < -0.4 is 9.62 Å². The first-order valence-corrected chi connectivity index (χ1v) is 11.1. The molecular formula is C21H26N2O3S. The zero-order valence-corrected chi connectivity index (χ0v) is 16.2. The van der Waals surface area contributed by atoms with E-state index in [2.05, 4.69) is 17.4 Å². The maximum absolute atomic E-state index is 12.2. The van der Waals surface area contributed by atoms with Gasteiger partial charge in [0, 0.05) is 18.7 Å². The summed E-state index contributed by atoms with van der Waals surface area (Å²) in [7, 11) is -3.20. The summed E-state index contributed by atoms with van der Waals surface area (Å²) >= 11 is 0. The normalized spacial score (nSPS) is 16.1. The zero-order chi connectivity index (χ0) is 19.1. The van der Waals surface area contributed by atoms with E-state index >= 15 is 0 Å². The van der Waals surface area contributed by atoms with Crippen LogP contribution in [0, 0.1) is 0 Å². The highest BCUT2D eigenvalue weighted by atomic mass is 32.2. The molecule has 1 amide bonds. The Morgan fingerprint density at radius 3 is 2.41 bits per heavy atom. The van der Waals surface area contributed by atoms with Gasteiger partial charge in [-0.15, -0.1) is 0 Å². The van der Waals surface area contributed by atoms with E-state index in [9.17, 15) is 13.2 Å². The largest absolute Gasteiger partial charge is 0.326 e. The van der Waals surface area contributed by atoms with Crippen LogP contribution in [0.15, 0.2) is 54.6 Å². The van der Waals surface area contributed by atoms with Crippen LogP contribution >= 0.6 is 0 Å². The molecule has 2 aromatic carbocycles. The van der Waals surface area contributed by atoms with Crippen LogP contribution in [-0.2, 0) is 21.2 Å². The summed E-state index contributed by atoms with van der Waals surface area (Å²) in [5.74, 6) is 0.190. The number of aryl methyl sites for hydroxylation is 1. The number of carbonyl (C=O) groups excluding carboxylic acids is 1. The number of benzene rings is 2. The van der Waals surface area contributed by atoms with Gasteiger partial charge >= 0.3 is 0 Å². The Kier molecular flexibility index (Phi) is 6.50. The van der Waals surface area contributed by atoms with Crippen LogP contribution in [0.1, 0.15) is 37.7 Å². The Morgan fingerprint density at radius 2 is 1.70 bits per heavy atom. The van der Waals surface area contributed by atoms with Crippen molar-refractivity contribution >= 4 is 27.3 Å². The quantitative estimate of drug-likeness (QED) is 0.732. The lowest BCUT2D eigenvalue weighted by Crippen LogP contribution is -2.37. The maximum Gasteiger partial charge on any atom is 0.235 e. The van der Waals surface area contributed by atoms with Crippen molar-refractivity contribution < 1.29 is 13.2 Å². The molecule has 0 aromatic heterocycles. The van der Waals surface area contributed by atoms with Crippen molar-refractivity contribution in [3.63, 3.8) is 0 Å². The second-order valence-corrected chi connectivity index (χ2v) is 8.90. The number of rotatable bonds is 7. The minimum Gasteiger partial charge on any atom is -0.326 e. The molecule has 1 aliphatic rings. The molecule has 1 heterocycles. The highest BCUT2D eigenvalue weighted by Crippen LogP contribution is 2.25. The third kappa shape index (κ3) is 5.57. The Bertz CT molecular complexity index is 849. The fraction of sp³-hybridized carbons (Fsp3) is 0.381. The molecule has 1 fully saturated rings. The lowest BCUT2D eigenvalue weighted by atomic mass is 10.1. The van der Waals surface area contributed by atoms with Crippen LogP contribution in [0.2, 0.25) is 0 Å². The van der Waals surface area contributed by atoms with E-state index < -0.39 is 10.0 Å². The average molecular weight is 387 g/mol. The summed E-state index contributed by atoms with van der Waals surface area (Å²) in [5.41, 5.74) is 2.65. The molecule has 0 atom stereocenters. The van der Waals surface area contributed by atoms with Crippen molar-refractivity contribution in [2.45, 2.75) is 38.5 Å².